The van der Waals surface area contributed by atoms with Crippen LogP contribution in [0.4, 0.5) is 0 Å². The zero-order valence-electron chi connectivity index (χ0n) is 25.7. The number of fused-ring (bicyclic) bond motifs is 2. The lowest BCUT2D eigenvalue weighted by atomic mass is 9.90. The molecular formula is C30H41N9O4. The molecule has 13 heteroatoms. The van der Waals surface area contributed by atoms with Gasteiger partial charge in [0.25, 0.3) is 11.8 Å². The number of carbonyl (C=O) groups is 4. The number of aromatic nitrogens is 5. The fourth-order valence-electron chi connectivity index (χ4n) is 6.07. The molecule has 1 N–H and O–H groups in total. The smallest absolute Gasteiger partial charge is 0.272 e. The number of nitrogens with zero attached hydrogens (tertiary/aromatic N) is 8. The van der Waals surface area contributed by atoms with Gasteiger partial charge in [-0.1, -0.05) is 13.8 Å². The quantitative estimate of drug-likeness (QED) is 0.483. The van der Waals surface area contributed by atoms with Crippen LogP contribution in [0.5, 0.6) is 0 Å². The third-order valence-electron chi connectivity index (χ3n) is 8.47. The number of carbonyl (C=O) groups excluding carboxylic acids is 4. The first kappa shape index (κ1) is 30.2. The zero-order valence-corrected chi connectivity index (χ0v) is 25.7. The number of hydrogen-bond acceptors (Lipinski definition) is 7. The van der Waals surface area contributed by atoms with Gasteiger partial charge in [-0.25, -0.2) is 0 Å². The summed E-state index contributed by atoms with van der Waals surface area (Å²) in [5.74, 6) is -0.602. The molecule has 230 valence electrons. The number of pyridine rings is 1. The molecule has 0 radical (unpaired) electrons. The second-order valence-electron chi connectivity index (χ2n) is 12.0. The molecule has 1 aliphatic carbocycles. The molecule has 0 fully saturated rings. The Morgan fingerprint density at radius 2 is 1.84 bits per heavy atom. The molecule has 4 amide bonds. The molecule has 3 aromatic heterocycles. The van der Waals surface area contributed by atoms with Crippen molar-refractivity contribution in [3.8, 4) is 0 Å². The minimum absolute atomic E-state index is 0.00369. The van der Waals surface area contributed by atoms with Crippen LogP contribution in [0.3, 0.4) is 0 Å². The van der Waals surface area contributed by atoms with Gasteiger partial charge >= 0.3 is 0 Å². The van der Waals surface area contributed by atoms with Crippen LogP contribution in [-0.2, 0) is 36.5 Å². The van der Waals surface area contributed by atoms with Crippen molar-refractivity contribution in [2.75, 3.05) is 39.8 Å². The molecule has 5 rings (SSSR count). The molecule has 13 nitrogen and oxygen atoms in total. The Morgan fingerprint density at radius 1 is 1.05 bits per heavy atom. The van der Waals surface area contributed by atoms with Crippen molar-refractivity contribution < 1.29 is 19.2 Å². The van der Waals surface area contributed by atoms with Gasteiger partial charge in [-0.15, -0.1) is 0 Å². The lowest BCUT2D eigenvalue weighted by Gasteiger charge is -2.34. The topological polar surface area (TPSA) is 139 Å². The van der Waals surface area contributed by atoms with E-state index in [0.717, 1.165) is 23.2 Å². The molecule has 0 spiro atoms. The van der Waals surface area contributed by atoms with Gasteiger partial charge in [0.15, 0.2) is 5.69 Å². The maximum atomic E-state index is 13.7. The molecular weight excluding hydrogens is 550 g/mol. The van der Waals surface area contributed by atoms with E-state index in [-0.39, 0.29) is 61.6 Å². The fourth-order valence-corrected chi connectivity index (χ4v) is 6.07. The Balaban J connectivity index is 1.43. The SMILES string of the molecule is CC(C)CN1CC(=O)N(C)C2CCc3c(c(nn3C)C(=O)NCCN(C(=O)c3cnc4cnn(C)c4c3)CCCC1=O)C2. The molecule has 1 aliphatic heterocycles. The van der Waals surface area contributed by atoms with Gasteiger partial charge in [-0.3, -0.25) is 33.5 Å². The Kier molecular flexibility index (Phi) is 8.79. The third-order valence-corrected chi connectivity index (χ3v) is 8.47. The summed E-state index contributed by atoms with van der Waals surface area (Å²) in [6.07, 6.45) is 5.74. The van der Waals surface area contributed by atoms with Crippen molar-refractivity contribution in [2.24, 2.45) is 20.0 Å². The summed E-state index contributed by atoms with van der Waals surface area (Å²) in [6.45, 7) is 5.27. The van der Waals surface area contributed by atoms with E-state index in [2.05, 4.69) is 20.5 Å². The van der Waals surface area contributed by atoms with Crippen LogP contribution in [0.2, 0.25) is 0 Å². The number of hydrogen-bond donors (Lipinski definition) is 1. The molecule has 2 aliphatic rings. The maximum Gasteiger partial charge on any atom is 0.272 e. The summed E-state index contributed by atoms with van der Waals surface area (Å²) >= 11 is 0. The van der Waals surface area contributed by atoms with Gasteiger partial charge in [0.05, 0.1) is 23.8 Å². The molecule has 3 aromatic rings. The molecule has 0 aromatic carbocycles. The van der Waals surface area contributed by atoms with Crippen LogP contribution in [0, 0.1) is 5.92 Å². The highest BCUT2D eigenvalue weighted by molar-refractivity contribution is 5.97. The first-order chi connectivity index (χ1) is 20.5. The lowest BCUT2D eigenvalue weighted by Crippen LogP contribution is -2.47. The molecule has 0 saturated heterocycles. The van der Waals surface area contributed by atoms with Crippen molar-refractivity contribution in [1.82, 2.24) is 44.6 Å². The fraction of sp³-hybridized carbons (Fsp3) is 0.567. The lowest BCUT2D eigenvalue weighted by molar-refractivity contribution is -0.141. The van der Waals surface area contributed by atoms with E-state index in [9.17, 15) is 19.2 Å². The molecule has 0 saturated carbocycles. The van der Waals surface area contributed by atoms with E-state index in [1.807, 2.05) is 20.9 Å². The monoisotopic (exact) mass is 591 g/mol. The van der Waals surface area contributed by atoms with E-state index in [0.29, 0.717) is 49.1 Å². The van der Waals surface area contributed by atoms with Crippen molar-refractivity contribution in [3.05, 3.63) is 41.0 Å². The summed E-state index contributed by atoms with van der Waals surface area (Å²) in [7, 11) is 5.40. The van der Waals surface area contributed by atoms with Crippen molar-refractivity contribution in [3.63, 3.8) is 0 Å². The van der Waals surface area contributed by atoms with Crippen molar-refractivity contribution >= 4 is 34.7 Å². The predicted molar refractivity (Wildman–Crippen MR) is 159 cm³/mol. The largest absolute Gasteiger partial charge is 0.349 e. The Labute approximate surface area is 251 Å². The molecule has 4 heterocycles. The van der Waals surface area contributed by atoms with Crippen LogP contribution < -0.4 is 5.32 Å². The van der Waals surface area contributed by atoms with E-state index in [1.54, 1.807) is 50.4 Å². The van der Waals surface area contributed by atoms with Crippen LogP contribution in [-0.4, -0.2) is 109 Å². The summed E-state index contributed by atoms with van der Waals surface area (Å²) in [6, 6.07) is 1.66. The average Bonchev–Trinajstić information content (AvgIpc) is 3.52. The van der Waals surface area contributed by atoms with Crippen LogP contribution in [0.25, 0.3) is 11.0 Å². The van der Waals surface area contributed by atoms with Crippen molar-refractivity contribution in [1.29, 1.82) is 0 Å². The second kappa shape index (κ2) is 12.5. The summed E-state index contributed by atoms with van der Waals surface area (Å²) in [4.78, 5) is 63.2. The van der Waals surface area contributed by atoms with Gasteiger partial charge in [-0.05, 0) is 37.7 Å². The maximum absolute atomic E-state index is 13.7. The molecule has 2 bridgehead atoms. The average molecular weight is 592 g/mol. The van der Waals surface area contributed by atoms with Crippen LogP contribution >= 0.6 is 0 Å². The first-order valence-corrected chi connectivity index (χ1v) is 15.0. The third kappa shape index (κ3) is 6.40. The summed E-state index contributed by atoms with van der Waals surface area (Å²) in [5, 5.41) is 11.7. The molecule has 1 atom stereocenters. The highest BCUT2D eigenvalue weighted by atomic mass is 16.2. The van der Waals surface area contributed by atoms with E-state index in [4.69, 9.17) is 0 Å². The standard InChI is InChI=1S/C30H41N9O4/c1-19(2)17-39-18-27(41)35(3)21-8-9-24-22(14-21)28(34-37(24)5)29(42)31-10-12-38(11-6-7-26(39)40)30(43)20-13-25-23(32-15-20)16-33-36(25)4/h13,15-16,19,21H,6-12,14,17-18H2,1-5H3,(H,31,42). The highest BCUT2D eigenvalue weighted by Crippen LogP contribution is 2.27. The Hall–Kier alpha value is -4.29. The van der Waals surface area contributed by atoms with Crippen molar-refractivity contribution in [2.45, 2.75) is 52.0 Å². The number of likely N-dealkylation sites (N-methyl/N-ethyl adjacent to an activating group) is 1. The Bertz CT molecular complexity index is 1540. The van der Waals surface area contributed by atoms with Gasteiger partial charge in [0.1, 0.15) is 5.52 Å². The van der Waals surface area contributed by atoms with Gasteiger partial charge in [0.2, 0.25) is 11.8 Å². The predicted octanol–water partition coefficient (Wildman–Crippen LogP) is 1.17. The van der Waals surface area contributed by atoms with Gasteiger partial charge < -0.3 is 20.0 Å². The first-order valence-electron chi connectivity index (χ1n) is 15.0. The summed E-state index contributed by atoms with van der Waals surface area (Å²) < 4.78 is 3.41. The van der Waals surface area contributed by atoms with Gasteiger partial charge in [-0.2, -0.15) is 10.2 Å². The molecule has 43 heavy (non-hydrogen) atoms. The number of amides is 4. The van der Waals surface area contributed by atoms with Crippen LogP contribution in [0.15, 0.2) is 18.5 Å². The summed E-state index contributed by atoms with van der Waals surface area (Å²) in [5.41, 5.74) is 4.02. The Morgan fingerprint density at radius 3 is 2.60 bits per heavy atom. The zero-order chi connectivity index (χ0) is 30.8. The minimum Gasteiger partial charge on any atom is -0.349 e. The number of aryl methyl sites for hydroxylation is 2. The highest BCUT2D eigenvalue weighted by Gasteiger charge is 2.33. The second-order valence-corrected chi connectivity index (χ2v) is 12.0. The number of rotatable bonds is 3. The van der Waals surface area contributed by atoms with E-state index < -0.39 is 0 Å². The number of nitrogens with one attached hydrogen (secondary N) is 1. The van der Waals surface area contributed by atoms with Gasteiger partial charge in [0, 0.05) is 77.2 Å². The molecule has 1 unspecified atom stereocenters. The van der Waals surface area contributed by atoms with Crippen LogP contribution in [0.1, 0.15) is 65.2 Å². The minimum atomic E-state index is -0.306. The van der Waals surface area contributed by atoms with E-state index in [1.165, 1.54) is 6.20 Å². The van der Waals surface area contributed by atoms with E-state index >= 15 is 0 Å². The normalized spacial score (nSPS) is 19.3.